The van der Waals surface area contributed by atoms with Gasteiger partial charge in [0.05, 0.1) is 6.04 Å². The molecular formula is C18H22FNO. The first-order valence-electron chi connectivity index (χ1n) is 7.28. The summed E-state index contributed by atoms with van der Waals surface area (Å²) in [4.78, 5) is 0. The van der Waals surface area contributed by atoms with E-state index in [0.29, 0.717) is 5.75 Å². The Labute approximate surface area is 125 Å². The van der Waals surface area contributed by atoms with Gasteiger partial charge in [0.15, 0.2) is 0 Å². The highest BCUT2D eigenvalue weighted by molar-refractivity contribution is 5.33. The van der Waals surface area contributed by atoms with Gasteiger partial charge in [-0.1, -0.05) is 37.3 Å². The molecule has 0 heterocycles. The van der Waals surface area contributed by atoms with Crippen molar-refractivity contribution in [1.82, 2.24) is 0 Å². The number of nitrogens with two attached hydrogens (primary N) is 1. The maximum atomic E-state index is 13.3. The van der Waals surface area contributed by atoms with Crippen molar-refractivity contribution in [3.8, 4) is 5.75 Å². The van der Waals surface area contributed by atoms with E-state index in [1.807, 2.05) is 26.0 Å². The van der Waals surface area contributed by atoms with E-state index in [-0.39, 0.29) is 18.0 Å². The summed E-state index contributed by atoms with van der Waals surface area (Å²) in [5.41, 5.74) is 9.45. The maximum absolute atomic E-state index is 13.3. The second-order valence-corrected chi connectivity index (χ2v) is 5.35. The van der Waals surface area contributed by atoms with Gasteiger partial charge < -0.3 is 10.5 Å². The first-order valence-corrected chi connectivity index (χ1v) is 7.28. The number of benzene rings is 2. The Morgan fingerprint density at radius 2 is 1.81 bits per heavy atom. The molecule has 0 radical (unpaired) electrons. The van der Waals surface area contributed by atoms with Crippen LogP contribution in [0.2, 0.25) is 0 Å². The molecule has 0 aliphatic carbocycles. The zero-order chi connectivity index (χ0) is 15.4. The molecule has 0 amide bonds. The lowest BCUT2D eigenvalue weighted by Gasteiger charge is -2.23. The minimum Gasteiger partial charge on any atom is -0.488 e. The molecule has 2 unspecified atom stereocenters. The fourth-order valence-electron chi connectivity index (χ4n) is 2.22. The van der Waals surface area contributed by atoms with Crippen LogP contribution in [0.1, 0.15) is 36.6 Å². The molecule has 2 atom stereocenters. The Balaban J connectivity index is 2.11. The van der Waals surface area contributed by atoms with Crippen LogP contribution in [0.15, 0.2) is 42.5 Å². The van der Waals surface area contributed by atoms with E-state index in [1.54, 1.807) is 6.07 Å². The van der Waals surface area contributed by atoms with Gasteiger partial charge in [-0.3, -0.25) is 0 Å². The van der Waals surface area contributed by atoms with Gasteiger partial charge in [0.25, 0.3) is 0 Å². The largest absolute Gasteiger partial charge is 0.488 e. The first kappa shape index (κ1) is 15.5. The van der Waals surface area contributed by atoms with Gasteiger partial charge in [0.1, 0.15) is 17.7 Å². The summed E-state index contributed by atoms with van der Waals surface area (Å²) in [7, 11) is 0. The first-order chi connectivity index (χ1) is 10.0. The lowest BCUT2D eigenvalue weighted by Crippen LogP contribution is -2.29. The summed E-state index contributed by atoms with van der Waals surface area (Å²) in [5, 5.41) is 0. The van der Waals surface area contributed by atoms with Gasteiger partial charge in [-0.2, -0.15) is 0 Å². The molecule has 2 N–H and O–H groups in total. The van der Waals surface area contributed by atoms with Gasteiger partial charge in [-0.15, -0.1) is 0 Å². The second kappa shape index (κ2) is 6.72. The van der Waals surface area contributed by atoms with Crippen LogP contribution < -0.4 is 10.5 Å². The molecule has 0 saturated carbocycles. The molecule has 0 saturated heterocycles. The topological polar surface area (TPSA) is 35.2 Å². The molecular weight excluding hydrogens is 265 g/mol. The summed E-state index contributed by atoms with van der Waals surface area (Å²) < 4.78 is 19.1. The minimum atomic E-state index is -0.302. The van der Waals surface area contributed by atoms with Gasteiger partial charge in [-0.05, 0) is 43.0 Å². The smallest absolute Gasteiger partial charge is 0.126 e. The average molecular weight is 287 g/mol. The molecule has 2 aromatic rings. The third-order valence-corrected chi connectivity index (χ3v) is 3.74. The molecule has 0 bridgehead atoms. The van der Waals surface area contributed by atoms with Crippen molar-refractivity contribution in [1.29, 1.82) is 0 Å². The van der Waals surface area contributed by atoms with Crippen molar-refractivity contribution in [2.24, 2.45) is 5.73 Å². The highest BCUT2D eigenvalue weighted by Gasteiger charge is 2.17. The predicted molar refractivity (Wildman–Crippen MR) is 84.0 cm³/mol. The highest BCUT2D eigenvalue weighted by atomic mass is 19.1. The number of aryl methyl sites for hydroxylation is 2. The fourth-order valence-corrected chi connectivity index (χ4v) is 2.22. The molecule has 0 fully saturated rings. The van der Waals surface area contributed by atoms with Crippen LogP contribution in [0.3, 0.4) is 0 Å². The van der Waals surface area contributed by atoms with E-state index < -0.39 is 0 Å². The van der Waals surface area contributed by atoms with Crippen LogP contribution >= 0.6 is 0 Å². The molecule has 0 aromatic heterocycles. The van der Waals surface area contributed by atoms with Crippen LogP contribution in [-0.4, -0.2) is 6.10 Å². The second-order valence-electron chi connectivity index (χ2n) is 5.35. The van der Waals surface area contributed by atoms with Crippen molar-refractivity contribution in [3.63, 3.8) is 0 Å². The van der Waals surface area contributed by atoms with Crippen molar-refractivity contribution in [3.05, 3.63) is 65.0 Å². The number of hydrogen-bond acceptors (Lipinski definition) is 2. The lowest BCUT2D eigenvalue weighted by atomic mass is 10.0. The fraction of sp³-hybridized carbons (Fsp3) is 0.333. The van der Waals surface area contributed by atoms with Crippen LogP contribution in [0.4, 0.5) is 4.39 Å². The van der Waals surface area contributed by atoms with Crippen molar-refractivity contribution in [2.45, 2.75) is 39.3 Å². The Morgan fingerprint density at radius 3 is 2.43 bits per heavy atom. The maximum Gasteiger partial charge on any atom is 0.126 e. The van der Waals surface area contributed by atoms with Crippen LogP contribution in [0.5, 0.6) is 5.75 Å². The van der Waals surface area contributed by atoms with Gasteiger partial charge in [-0.25, -0.2) is 4.39 Å². The average Bonchev–Trinajstić information content (AvgIpc) is 2.50. The van der Waals surface area contributed by atoms with E-state index in [1.165, 1.54) is 17.7 Å². The molecule has 2 nitrogen and oxygen atoms in total. The summed E-state index contributed by atoms with van der Waals surface area (Å²) in [6, 6.07) is 12.5. The number of halogens is 1. The van der Waals surface area contributed by atoms with Gasteiger partial charge in [0, 0.05) is 6.07 Å². The van der Waals surface area contributed by atoms with Gasteiger partial charge in [0.2, 0.25) is 0 Å². The summed E-state index contributed by atoms with van der Waals surface area (Å²) in [6.45, 7) is 5.92. The molecule has 0 aliphatic heterocycles. The zero-order valence-electron chi connectivity index (χ0n) is 12.8. The Morgan fingerprint density at radius 1 is 1.14 bits per heavy atom. The normalized spacial score (nSPS) is 13.8. The Bertz CT molecular complexity index is 595. The quantitative estimate of drug-likeness (QED) is 0.896. The number of ether oxygens (including phenoxy) is 1. The molecule has 3 heteroatoms. The van der Waals surface area contributed by atoms with E-state index in [2.05, 4.69) is 19.1 Å². The van der Waals surface area contributed by atoms with Crippen molar-refractivity contribution < 1.29 is 9.13 Å². The standard InChI is InChI=1S/C18H22FNO/c1-4-14-6-8-15(9-7-14)18(20)13(3)21-17-11-16(19)10-5-12(17)2/h5-11,13,18H,4,20H2,1-3H3. The SMILES string of the molecule is CCc1ccc(C(N)C(C)Oc2cc(F)ccc2C)cc1. The van der Waals surface area contributed by atoms with Crippen LogP contribution in [0.25, 0.3) is 0 Å². The summed E-state index contributed by atoms with van der Waals surface area (Å²) >= 11 is 0. The molecule has 0 spiro atoms. The van der Waals surface area contributed by atoms with E-state index in [9.17, 15) is 4.39 Å². The highest BCUT2D eigenvalue weighted by Crippen LogP contribution is 2.24. The number of hydrogen-bond donors (Lipinski definition) is 1. The third kappa shape index (κ3) is 3.82. The summed E-state index contributed by atoms with van der Waals surface area (Å²) in [6.07, 6.45) is 0.766. The molecule has 21 heavy (non-hydrogen) atoms. The zero-order valence-corrected chi connectivity index (χ0v) is 12.8. The van der Waals surface area contributed by atoms with E-state index in [4.69, 9.17) is 10.5 Å². The lowest BCUT2D eigenvalue weighted by molar-refractivity contribution is 0.188. The predicted octanol–water partition coefficient (Wildman–Crippen LogP) is 4.16. The molecule has 0 aliphatic rings. The van der Waals surface area contributed by atoms with Crippen molar-refractivity contribution in [2.75, 3.05) is 0 Å². The number of rotatable bonds is 5. The summed E-state index contributed by atoms with van der Waals surface area (Å²) in [5.74, 6) is 0.242. The van der Waals surface area contributed by atoms with Crippen LogP contribution in [-0.2, 0) is 6.42 Å². The van der Waals surface area contributed by atoms with Gasteiger partial charge >= 0.3 is 0 Å². The van der Waals surface area contributed by atoms with E-state index >= 15 is 0 Å². The Hall–Kier alpha value is -1.87. The van der Waals surface area contributed by atoms with Crippen molar-refractivity contribution >= 4 is 0 Å². The minimum absolute atomic E-state index is 0.238. The molecule has 112 valence electrons. The molecule has 2 aromatic carbocycles. The molecule has 2 rings (SSSR count). The van der Waals surface area contributed by atoms with Crippen LogP contribution in [0, 0.1) is 12.7 Å². The third-order valence-electron chi connectivity index (χ3n) is 3.74. The monoisotopic (exact) mass is 287 g/mol. The van der Waals surface area contributed by atoms with E-state index in [0.717, 1.165) is 17.5 Å². The Kier molecular flexibility index (Phi) is 4.97.